The molecule has 3 rings (SSSR count). The second kappa shape index (κ2) is 6.42. The molecule has 0 radical (unpaired) electrons. The Labute approximate surface area is 138 Å². The molecular formula is C22H19N. The Morgan fingerprint density at radius 1 is 0.696 bits per heavy atom. The molecule has 0 spiro atoms. The molecule has 0 heterocycles. The fourth-order valence-electron chi connectivity index (χ4n) is 2.90. The third-order valence-electron chi connectivity index (χ3n) is 3.95. The van der Waals surface area contributed by atoms with E-state index >= 15 is 0 Å². The van der Waals surface area contributed by atoms with Crippen LogP contribution >= 0.6 is 0 Å². The van der Waals surface area contributed by atoms with E-state index in [4.69, 9.17) is 6.42 Å². The Morgan fingerprint density at radius 3 is 1.52 bits per heavy atom. The Bertz CT molecular complexity index is 780. The molecule has 112 valence electrons. The number of para-hydroxylation sites is 2. The van der Waals surface area contributed by atoms with Gasteiger partial charge in [-0.05, 0) is 61.4 Å². The van der Waals surface area contributed by atoms with Crippen LogP contribution in [0.3, 0.4) is 0 Å². The summed E-state index contributed by atoms with van der Waals surface area (Å²) in [5.74, 6) is 2.79. The highest BCUT2D eigenvalue weighted by Gasteiger charge is 2.13. The predicted molar refractivity (Wildman–Crippen MR) is 98.5 cm³/mol. The third-order valence-corrected chi connectivity index (χ3v) is 3.95. The summed E-state index contributed by atoms with van der Waals surface area (Å²) in [5, 5.41) is 0. The van der Waals surface area contributed by atoms with E-state index in [1.165, 1.54) is 0 Å². The average Bonchev–Trinajstić information content (AvgIpc) is 2.57. The first-order chi connectivity index (χ1) is 11.2. The van der Waals surface area contributed by atoms with Crippen LogP contribution in [0.25, 0.3) is 0 Å². The highest BCUT2D eigenvalue weighted by atomic mass is 15.1. The van der Waals surface area contributed by atoms with Gasteiger partial charge in [0.05, 0.1) is 0 Å². The lowest BCUT2D eigenvalue weighted by molar-refractivity contribution is 1.24. The maximum absolute atomic E-state index is 5.64. The number of terminal acetylenes is 1. The maximum Gasteiger partial charge on any atom is 0.0467 e. The number of benzene rings is 3. The second-order valence-electron chi connectivity index (χ2n) is 5.61. The van der Waals surface area contributed by atoms with Crippen molar-refractivity contribution in [3.63, 3.8) is 0 Å². The molecule has 0 saturated heterocycles. The van der Waals surface area contributed by atoms with Gasteiger partial charge in [0.2, 0.25) is 0 Å². The van der Waals surface area contributed by atoms with Gasteiger partial charge in [0.25, 0.3) is 0 Å². The molecule has 0 aliphatic rings. The van der Waals surface area contributed by atoms with Gasteiger partial charge in [0.1, 0.15) is 0 Å². The summed E-state index contributed by atoms with van der Waals surface area (Å²) < 4.78 is 0. The smallest absolute Gasteiger partial charge is 0.0467 e. The molecule has 0 unspecified atom stereocenters. The number of hydrogen-bond donors (Lipinski definition) is 0. The van der Waals surface area contributed by atoms with Crippen molar-refractivity contribution in [1.29, 1.82) is 0 Å². The minimum atomic E-state index is 0.981. The van der Waals surface area contributed by atoms with Crippen molar-refractivity contribution in [2.24, 2.45) is 0 Å². The quantitative estimate of drug-likeness (QED) is 0.556. The van der Waals surface area contributed by atoms with E-state index in [9.17, 15) is 0 Å². The van der Waals surface area contributed by atoms with Crippen LogP contribution < -0.4 is 4.90 Å². The fourth-order valence-corrected chi connectivity index (χ4v) is 2.90. The lowest BCUT2D eigenvalue weighted by atomic mass is 10.0. The van der Waals surface area contributed by atoms with Crippen LogP contribution in [0.5, 0.6) is 0 Å². The Kier molecular flexibility index (Phi) is 4.17. The van der Waals surface area contributed by atoms with Gasteiger partial charge >= 0.3 is 0 Å². The van der Waals surface area contributed by atoms with E-state index in [1.807, 2.05) is 12.1 Å². The zero-order valence-corrected chi connectivity index (χ0v) is 13.5. The van der Waals surface area contributed by atoms with Crippen LogP contribution in [0.2, 0.25) is 0 Å². The first kappa shape index (κ1) is 14.9. The number of rotatable bonds is 3. The predicted octanol–water partition coefficient (Wildman–Crippen LogP) is 5.75. The zero-order valence-electron chi connectivity index (χ0n) is 13.5. The summed E-state index contributed by atoms with van der Waals surface area (Å²) in [7, 11) is 0. The minimum absolute atomic E-state index is 0.981. The minimum Gasteiger partial charge on any atom is -0.310 e. The molecule has 0 fully saturated rings. The highest BCUT2D eigenvalue weighted by molar-refractivity contribution is 5.77. The number of aryl methyl sites for hydroxylation is 2. The fraction of sp³-hybridized carbons (Fsp3) is 0.0909. The summed E-state index contributed by atoms with van der Waals surface area (Å²) in [5.41, 5.74) is 6.61. The normalized spacial score (nSPS) is 10.1. The Balaban J connectivity index is 2.20. The van der Waals surface area contributed by atoms with Crippen LogP contribution in [-0.4, -0.2) is 0 Å². The summed E-state index contributed by atoms with van der Waals surface area (Å²) >= 11 is 0. The molecule has 3 aromatic carbocycles. The number of nitrogens with zero attached hydrogens (tertiary/aromatic N) is 1. The van der Waals surface area contributed by atoms with Crippen molar-refractivity contribution in [2.75, 3.05) is 4.90 Å². The van der Waals surface area contributed by atoms with Crippen molar-refractivity contribution in [2.45, 2.75) is 13.8 Å². The largest absolute Gasteiger partial charge is 0.310 e. The topological polar surface area (TPSA) is 3.24 Å². The van der Waals surface area contributed by atoms with Gasteiger partial charge in [-0.25, -0.2) is 0 Å². The van der Waals surface area contributed by atoms with Crippen LogP contribution in [0.1, 0.15) is 16.7 Å². The first-order valence-electron chi connectivity index (χ1n) is 7.69. The van der Waals surface area contributed by atoms with Gasteiger partial charge in [0.15, 0.2) is 0 Å². The average molecular weight is 297 g/mol. The molecule has 23 heavy (non-hydrogen) atoms. The van der Waals surface area contributed by atoms with Crippen molar-refractivity contribution in [3.05, 3.63) is 89.5 Å². The van der Waals surface area contributed by atoms with Gasteiger partial charge in [-0.2, -0.15) is 0 Å². The van der Waals surface area contributed by atoms with Crippen LogP contribution in [0, 0.1) is 26.2 Å². The molecule has 0 saturated carbocycles. The van der Waals surface area contributed by atoms with E-state index in [0.29, 0.717) is 0 Å². The summed E-state index contributed by atoms with van der Waals surface area (Å²) in [6.45, 7) is 4.14. The molecule has 3 aromatic rings. The summed E-state index contributed by atoms with van der Waals surface area (Å²) in [4.78, 5) is 2.25. The first-order valence-corrected chi connectivity index (χ1v) is 7.69. The van der Waals surface area contributed by atoms with E-state index in [2.05, 4.69) is 85.3 Å². The second-order valence-corrected chi connectivity index (χ2v) is 5.61. The van der Waals surface area contributed by atoms with Crippen molar-refractivity contribution in [3.8, 4) is 12.3 Å². The maximum atomic E-state index is 5.64. The third kappa shape index (κ3) is 2.98. The van der Waals surface area contributed by atoms with Crippen molar-refractivity contribution >= 4 is 17.1 Å². The summed E-state index contributed by atoms with van der Waals surface area (Å²) in [6.07, 6.45) is 5.64. The SMILES string of the molecule is C#Cc1c(C)cc(N(c2ccccc2)c2ccccc2)cc1C. The van der Waals surface area contributed by atoms with Gasteiger partial charge in [-0.1, -0.05) is 42.3 Å². The van der Waals surface area contributed by atoms with Crippen LogP contribution in [0.4, 0.5) is 17.1 Å². The van der Waals surface area contributed by atoms with Crippen molar-refractivity contribution in [1.82, 2.24) is 0 Å². The van der Waals surface area contributed by atoms with Gasteiger partial charge in [-0.3, -0.25) is 0 Å². The van der Waals surface area contributed by atoms with Crippen molar-refractivity contribution < 1.29 is 0 Å². The molecule has 0 amide bonds. The molecule has 0 bridgehead atoms. The number of hydrogen-bond acceptors (Lipinski definition) is 1. The molecule has 0 N–H and O–H groups in total. The van der Waals surface area contributed by atoms with Crippen LogP contribution in [0.15, 0.2) is 72.8 Å². The van der Waals surface area contributed by atoms with E-state index in [0.717, 1.165) is 33.8 Å². The molecule has 0 aromatic heterocycles. The highest BCUT2D eigenvalue weighted by Crippen LogP contribution is 2.35. The summed E-state index contributed by atoms with van der Waals surface area (Å²) in [6, 6.07) is 25.1. The zero-order chi connectivity index (χ0) is 16.2. The van der Waals surface area contributed by atoms with E-state index < -0.39 is 0 Å². The van der Waals surface area contributed by atoms with Crippen LogP contribution in [-0.2, 0) is 0 Å². The molecule has 0 aliphatic heterocycles. The van der Waals surface area contributed by atoms with Gasteiger partial charge in [0, 0.05) is 22.6 Å². The van der Waals surface area contributed by atoms with Gasteiger partial charge in [-0.15, -0.1) is 6.42 Å². The monoisotopic (exact) mass is 297 g/mol. The Hall–Kier alpha value is -2.98. The Morgan fingerprint density at radius 2 is 1.13 bits per heavy atom. The molecule has 1 nitrogen and oxygen atoms in total. The lowest BCUT2D eigenvalue weighted by Gasteiger charge is -2.26. The lowest BCUT2D eigenvalue weighted by Crippen LogP contribution is -2.10. The van der Waals surface area contributed by atoms with E-state index in [1.54, 1.807) is 0 Å². The number of anilines is 3. The molecule has 0 atom stereocenters. The van der Waals surface area contributed by atoms with Gasteiger partial charge < -0.3 is 4.90 Å². The van der Waals surface area contributed by atoms with E-state index in [-0.39, 0.29) is 0 Å². The molecule has 1 heteroatoms. The molecular weight excluding hydrogens is 278 g/mol. The molecule has 0 aliphatic carbocycles. The standard InChI is InChI=1S/C22H19N/c1-4-22-17(2)15-21(16-18(22)3)23(19-11-7-5-8-12-19)20-13-9-6-10-14-20/h1,5-16H,2-3H3.